The minimum atomic E-state index is -0.0244. The van der Waals surface area contributed by atoms with Crippen molar-refractivity contribution in [2.75, 3.05) is 0 Å². The maximum Gasteiger partial charge on any atom is 0.241 e. The number of thiophene rings is 1. The third-order valence-corrected chi connectivity index (χ3v) is 4.97. The van der Waals surface area contributed by atoms with Crippen LogP contribution in [0, 0.1) is 5.92 Å². The minimum Gasteiger partial charge on any atom is -0.318 e. The number of nitrogens with one attached hydrogen (secondary N) is 1. The number of hydrogen-bond donors (Lipinski definition) is 1. The highest BCUT2D eigenvalue weighted by atomic mass is 32.1. The molecule has 1 aliphatic heterocycles. The Morgan fingerprint density at radius 3 is 2.65 bits per heavy atom. The van der Waals surface area contributed by atoms with Gasteiger partial charge in [0.1, 0.15) is 6.17 Å². The molecule has 0 saturated carbocycles. The van der Waals surface area contributed by atoms with Gasteiger partial charge in [0.2, 0.25) is 5.91 Å². The molecule has 1 aliphatic rings. The summed E-state index contributed by atoms with van der Waals surface area (Å²) in [5, 5.41) is 5.58. The summed E-state index contributed by atoms with van der Waals surface area (Å²) in [6.45, 7) is 8.73. The summed E-state index contributed by atoms with van der Waals surface area (Å²) in [5.74, 6) is 0.951. The van der Waals surface area contributed by atoms with E-state index in [1.807, 2.05) is 0 Å². The van der Waals surface area contributed by atoms with Crippen molar-refractivity contribution in [1.29, 1.82) is 0 Å². The summed E-state index contributed by atoms with van der Waals surface area (Å²) in [5.41, 5.74) is 0. The van der Waals surface area contributed by atoms with Crippen LogP contribution in [0.25, 0.3) is 0 Å². The third-order valence-electron chi connectivity index (χ3n) is 4.05. The van der Waals surface area contributed by atoms with Crippen LogP contribution in [0.2, 0.25) is 0 Å². The van der Waals surface area contributed by atoms with Gasteiger partial charge >= 0.3 is 0 Å². The van der Waals surface area contributed by atoms with Gasteiger partial charge in [-0.25, -0.2) is 0 Å². The van der Waals surface area contributed by atoms with E-state index in [-0.39, 0.29) is 18.1 Å². The van der Waals surface area contributed by atoms with Gasteiger partial charge in [0, 0.05) is 10.9 Å². The van der Waals surface area contributed by atoms with Gasteiger partial charge in [-0.3, -0.25) is 10.1 Å². The molecule has 4 heteroatoms. The Morgan fingerprint density at radius 2 is 2.10 bits per heavy atom. The Morgan fingerprint density at radius 1 is 1.35 bits per heavy atom. The molecule has 0 aliphatic carbocycles. The normalized spacial score (nSPS) is 24.6. The fourth-order valence-corrected chi connectivity index (χ4v) is 3.58. The zero-order valence-electron chi connectivity index (χ0n) is 12.9. The molecule has 1 saturated heterocycles. The fraction of sp³-hybridized carbons (Fsp3) is 0.688. The van der Waals surface area contributed by atoms with E-state index in [0.717, 1.165) is 12.8 Å². The molecule has 3 nitrogen and oxygen atoms in total. The molecule has 1 fully saturated rings. The van der Waals surface area contributed by atoms with Gasteiger partial charge in [-0.2, -0.15) is 0 Å². The summed E-state index contributed by atoms with van der Waals surface area (Å²) >= 11 is 1.72. The van der Waals surface area contributed by atoms with E-state index < -0.39 is 0 Å². The van der Waals surface area contributed by atoms with E-state index >= 15 is 0 Å². The van der Waals surface area contributed by atoms with Gasteiger partial charge in [-0.15, -0.1) is 11.3 Å². The van der Waals surface area contributed by atoms with Crippen molar-refractivity contribution in [3.05, 3.63) is 22.4 Å². The molecule has 0 bridgehead atoms. The highest BCUT2D eigenvalue weighted by Crippen LogP contribution is 2.32. The SMILES string of the molecule is CCC1NC(c2cccs2)N(C(C)CCC(C)C)C1=O. The molecule has 2 heterocycles. The molecule has 1 aromatic rings. The minimum absolute atomic E-state index is 0.0244. The van der Waals surface area contributed by atoms with E-state index in [2.05, 4.69) is 55.4 Å². The Labute approximate surface area is 126 Å². The van der Waals surface area contributed by atoms with Crippen molar-refractivity contribution >= 4 is 17.2 Å². The van der Waals surface area contributed by atoms with E-state index in [1.54, 1.807) is 11.3 Å². The van der Waals surface area contributed by atoms with Gasteiger partial charge in [-0.05, 0) is 43.6 Å². The Balaban J connectivity index is 2.14. The van der Waals surface area contributed by atoms with Crippen LogP contribution in [0.1, 0.15) is 58.0 Å². The number of nitrogens with zero attached hydrogens (tertiary/aromatic N) is 1. The summed E-state index contributed by atoms with van der Waals surface area (Å²) in [7, 11) is 0. The van der Waals surface area contributed by atoms with E-state index in [9.17, 15) is 4.79 Å². The first-order valence-corrected chi connectivity index (χ1v) is 8.54. The van der Waals surface area contributed by atoms with E-state index in [4.69, 9.17) is 0 Å². The van der Waals surface area contributed by atoms with Crippen LogP contribution < -0.4 is 5.32 Å². The predicted molar refractivity (Wildman–Crippen MR) is 84.7 cm³/mol. The molecule has 1 aromatic heterocycles. The summed E-state index contributed by atoms with van der Waals surface area (Å²) in [6.07, 6.45) is 3.16. The smallest absolute Gasteiger partial charge is 0.241 e. The first kappa shape index (κ1) is 15.5. The summed E-state index contributed by atoms with van der Waals surface area (Å²) in [6, 6.07) is 4.45. The Kier molecular flexibility index (Phi) is 5.22. The maximum atomic E-state index is 12.6. The molecular formula is C16H26N2OS. The first-order chi connectivity index (χ1) is 9.54. The largest absolute Gasteiger partial charge is 0.318 e. The van der Waals surface area contributed by atoms with Crippen LogP contribution in [0.15, 0.2) is 17.5 Å². The van der Waals surface area contributed by atoms with Crippen molar-refractivity contribution in [1.82, 2.24) is 10.2 Å². The lowest BCUT2D eigenvalue weighted by atomic mass is 10.0. The van der Waals surface area contributed by atoms with E-state index in [1.165, 1.54) is 11.3 Å². The van der Waals surface area contributed by atoms with Crippen molar-refractivity contribution < 1.29 is 4.79 Å². The molecule has 1 N–H and O–H groups in total. The van der Waals surface area contributed by atoms with E-state index in [0.29, 0.717) is 12.0 Å². The highest BCUT2D eigenvalue weighted by Gasteiger charge is 2.41. The zero-order valence-corrected chi connectivity index (χ0v) is 13.7. The number of carbonyl (C=O) groups is 1. The predicted octanol–water partition coefficient (Wildman–Crippen LogP) is 3.78. The van der Waals surface area contributed by atoms with Crippen LogP contribution in [0.5, 0.6) is 0 Å². The third kappa shape index (κ3) is 3.23. The zero-order chi connectivity index (χ0) is 14.7. The fourth-order valence-electron chi connectivity index (χ4n) is 2.79. The van der Waals surface area contributed by atoms with Crippen molar-refractivity contribution in [2.24, 2.45) is 5.92 Å². The molecular weight excluding hydrogens is 268 g/mol. The monoisotopic (exact) mass is 294 g/mol. The Hall–Kier alpha value is -0.870. The van der Waals surface area contributed by atoms with Gasteiger partial charge in [0.15, 0.2) is 0 Å². The van der Waals surface area contributed by atoms with Crippen molar-refractivity contribution in [3.8, 4) is 0 Å². The van der Waals surface area contributed by atoms with Crippen LogP contribution in [0.4, 0.5) is 0 Å². The quantitative estimate of drug-likeness (QED) is 0.866. The maximum absolute atomic E-state index is 12.6. The lowest BCUT2D eigenvalue weighted by molar-refractivity contribution is -0.132. The number of carbonyl (C=O) groups excluding carboxylic acids is 1. The molecule has 3 unspecified atom stereocenters. The van der Waals surface area contributed by atoms with Crippen LogP contribution >= 0.6 is 11.3 Å². The van der Waals surface area contributed by atoms with Crippen LogP contribution in [0.3, 0.4) is 0 Å². The second-order valence-corrected chi connectivity index (χ2v) is 7.09. The lowest BCUT2D eigenvalue weighted by Gasteiger charge is -2.30. The molecule has 2 rings (SSSR count). The molecule has 0 aromatic carbocycles. The average molecular weight is 294 g/mol. The molecule has 0 spiro atoms. The topological polar surface area (TPSA) is 32.3 Å². The molecule has 1 amide bonds. The first-order valence-electron chi connectivity index (χ1n) is 7.66. The number of rotatable bonds is 6. The molecule has 0 radical (unpaired) electrons. The van der Waals surface area contributed by atoms with Crippen LogP contribution in [-0.4, -0.2) is 22.9 Å². The molecule has 3 atom stereocenters. The summed E-state index contributed by atoms with van der Waals surface area (Å²) in [4.78, 5) is 15.9. The second kappa shape index (κ2) is 6.72. The van der Waals surface area contributed by atoms with Gasteiger partial charge in [0.25, 0.3) is 0 Å². The highest BCUT2D eigenvalue weighted by molar-refractivity contribution is 7.10. The molecule has 20 heavy (non-hydrogen) atoms. The molecule has 112 valence electrons. The standard InChI is InChI=1S/C16H26N2OS/c1-5-13-16(19)18(12(4)9-8-11(2)3)15(17-13)14-7-6-10-20-14/h6-7,10-13,15,17H,5,8-9H2,1-4H3. The number of hydrogen-bond acceptors (Lipinski definition) is 3. The lowest BCUT2D eigenvalue weighted by Crippen LogP contribution is -2.38. The van der Waals surface area contributed by atoms with Crippen molar-refractivity contribution in [3.63, 3.8) is 0 Å². The van der Waals surface area contributed by atoms with Gasteiger partial charge in [0.05, 0.1) is 6.04 Å². The Bertz CT molecular complexity index is 430. The second-order valence-electron chi connectivity index (χ2n) is 6.11. The van der Waals surface area contributed by atoms with Gasteiger partial charge < -0.3 is 4.90 Å². The number of amides is 1. The summed E-state index contributed by atoms with van der Waals surface area (Å²) < 4.78 is 0. The van der Waals surface area contributed by atoms with Crippen molar-refractivity contribution in [2.45, 2.75) is 65.2 Å². The van der Waals surface area contributed by atoms with Gasteiger partial charge in [-0.1, -0.05) is 26.8 Å². The average Bonchev–Trinajstić information content (AvgIpc) is 3.03. The van der Waals surface area contributed by atoms with Crippen LogP contribution in [-0.2, 0) is 4.79 Å².